The average Bonchev–Trinajstić information content (AvgIpc) is 2.58. The molecule has 0 spiro atoms. The number of hydrogen-bond donors (Lipinski definition) is 5. The van der Waals surface area contributed by atoms with Gasteiger partial charge in [-0.05, 0) is 26.6 Å². The van der Waals surface area contributed by atoms with E-state index in [1.807, 2.05) is 13.8 Å². The van der Waals surface area contributed by atoms with Crippen LogP contribution in [0.4, 0.5) is 0 Å². The van der Waals surface area contributed by atoms with Gasteiger partial charge in [-0.25, -0.2) is 4.79 Å². The van der Waals surface area contributed by atoms with Gasteiger partial charge in [0.15, 0.2) is 0 Å². The molecule has 1 rings (SSSR count). The van der Waals surface area contributed by atoms with E-state index in [9.17, 15) is 19.2 Å². The van der Waals surface area contributed by atoms with Crippen LogP contribution in [0.5, 0.6) is 0 Å². The van der Waals surface area contributed by atoms with Crippen molar-refractivity contribution in [3.8, 4) is 0 Å². The first-order chi connectivity index (χ1) is 13.2. The minimum atomic E-state index is -1.17. The Kier molecular flexibility index (Phi) is 17.5. The van der Waals surface area contributed by atoms with Crippen LogP contribution < -0.4 is 16.0 Å². The highest BCUT2D eigenvalue weighted by Gasteiger charge is 2.26. The molecule has 0 aromatic heterocycles. The second-order valence-electron chi connectivity index (χ2n) is 5.49. The fourth-order valence-corrected chi connectivity index (χ4v) is 2.22. The summed E-state index contributed by atoms with van der Waals surface area (Å²) in [4.78, 5) is 45.3. The molecule has 0 saturated carbocycles. The first-order valence-electron chi connectivity index (χ1n) is 9.02. The van der Waals surface area contributed by atoms with E-state index in [-0.39, 0.29) is 5.75 Å². The number of carbonyl (C=O) groups excluding carboxylic acids is 2. The Morgan fingerprint density at radius 2 is 1.54 bits per heavy atom. The predicted molar refractivity (Wildman–Crippen MR) is 107 cm³/mol. The zero-order valence-corrected chi connectivity index (χ0v) is 17.9. The smallest absolute Gasteiger partial charge is 0.327 e. The number of nitrogens with one attached hydrogen (secondary N) is 3. The number of ether oxygens (including phenoxy) is 1. The average molecular weight is 424 g/mol. The summed E-state index contributed by atoms with van der Waals surface area (Å²) in [5.41, 5.74) is 0. The van der Waals surface area contributed by atoms with Crippen molar-refractivity contribution in [2.45, 2.75) is 51.7 Å². The lowest BCUT2D eigenvalue weighted by atomic mass is 10.1. The van der Waals surface area contributed by atoms with Crippen LogP contribution in [0.15, 0.2) is 0 Å². The molecular formula is C17H33N3O7S. The molecular weight excluding hydrogens is 390 g/mol. The van der Waals surface area contributed by atoms with Crippen molar-refractivity contribution in [3.63, 3.8) is 0 Å². The summed E-state index contributed by atoms with van der Waals surface area (Å²) >= 11 is 1.26. The molecule has 164 valence electrons. The molecule has 3 atom stereocenters. The molecule has 0 aromatic rings. The van der Waals surface area contributed by atoms with E-state index in [2.05, 4.69) is 16.0 Å². The summed E-state index contributed by atoms with van der Waals surface area (Å²) < 4.78 is 4.72. The van der Waals surface area contributed by atoms with E-state index in [4.69, 9.17) is 14.9 Å². The zero-order valence-electron chi connectivity index (χ0n) is 17.1. The summed E-state index contributed by atoms with van der Waals surface area (Å²) in [6.07, 6.45) is 2.55. The Bertz CT molecular complexity index is 483. The number of carboxylic acids is 2. The van der Waals surface area contributed by atoms with Gasteiger partial charge in [-0.2, -0.15) is 11.8 Å². The lowest BCUT2D eigenvalue weighted by Gasteiger charge is -2.20. The van der Waals surface area contributed by atoms with Crippen LogP contribution in [-0.2, 0) is 23.9 Å². The van der Waals surface area contributed by atoms with E-state index in [0.29, 0.717) is 0 Å². The lowest BCUT2D eigenvalue weighted by Crippen LogP contribution is -2.54. The third-order valence-electron chi connectivity index (χ3n) is 3.32. The molecule has 1 unspecified atom stereocenters. The molecule has 1 aliphatic heterocycles. The van der Waals surface area contributed by atoms with Crippen LogP contribution in [0.1, 0.15) is 33.6 Å². The van der Waals surface area contributed by atoms with Crippen molar-refractivity contribution >= 4 is 35.5 Å². The van der Waals surface area contributed by atoms with Gasteiger partial charge in [0.2, 0.25) is 11.8 Å². The fourth-order valence-electron chi connectivity index (χ4n) is 1.66. The molecule has 1 fully saturated rings. The molecule has 1 saturated heterocycles. The minimum Gasteiger partial charge on any atom is -0.481 e. The monoisotopic (exact) mass is 423 g/mol. The van der Waals surface area contributed by atoms with Gasteiger partial charge >= 0.3 is 11.9 Å². The van der Waals surface area contributed by atoms with Crippen molar-refractivity contribution in [1.29, 1.82) is 0 Å². The van der Waals surface area contributed by atoms with Crippen molar-refractivity contribution in [2.24, 2.45) is 0 Å². The highest BCUT2D eigenvalue weighted by molar-refractivity contribution is 7.98. The largest absolute Gasteiger partial charge is 0.481 e. The summed E-state index contributed by atoms with van der Waals surface area (Å²) in [5.74, 6) is -3.43. The van der Waals surface area contributed by atoms with Crippen LogP contribution in [0.3, 0.4) is 0 Å². The number of hydrogen-bond acceptors (Lipinski definition) is 7. The SMILES string of the molecule is C1COC1.CC.CN[C@H](CC(=O)O)C(=O)NC(C)C(=O)N[C@@H](CSC)C(=O)O. The fraction of sp³-hybridized carbons (Fsp3) is 0.765. The number of aliphatic carboxylic acids is 2. The summed E-state index contributed by atoms with van der Waals surface area (Å²) in [6.45, 7) is 7.39. The molecule has 28 heavy (non-hydrogen) atoms. The maximum absolute atomic E-state index is 11.9. The Labute approximate surface area is 170 Å². The summed E-state index contributed by atoms with van der Waals surface area (Å²) in [6, 6.07) is -3.02. The van der Waals surface area contributed by atoms with E-state index in [0.717, 1.165) is 13.2 Å². The minimum absolute atomic E-state index is 0.194. The molecule has 0 aromatic carbocycles. The van der Waals surface area contributed by atoms with Crippen LogP contribution in [-0.4, -0.2) is 84.4 Å². The molecule has 0 aliphatic carbocycles. The van der Waals surface area contributed by atoms with Gasteiger partial charge in [-0.3, -0.25) is 14.4 Å². The number of likely N-dealkylation sites (N-methyl/N-ethyl adjacent to an activating group) is 1. The van der Waals surface area contributed by atoms with Crippen molar-refractivity contribution < 1.29 is 34.1 Å². The van der Waals surface area contributed by atoms with Gasteiger partial charge in [0, 0.05) is 19.0 Å². The van der Waals surface area contributed by atoms with E-state index in [1.165, 1.54) is 32.2 Å². The standard InChI is InChI=1S/C12H21N3O6S.C3H6O.C2H6/c1-6(10(18)15-8(5-22-3)12(20)21)14-11(19)7(13-2)4-9(16)17;1-2-4-3-1;1-2/h6-8,13H,4-5H2,1-3H3,(H,14,19)(H,15,18)(H,16,17)(H,20,21);1-3H2;1-2H3/t6?,7-,8+;;/m1../s1. The summed E-state index contributed by atoms with van der Waals surface area (Å²) in [7, 11) is 1.43. The normalized spacial score (nSPS) is 15.0. The predicted octanol–water partition coefficient (Wildman–Crippen LogP) is -0.0809. The number of carbonyl (C=O) groups is 4. The van der Waals surface area contributed by atoms with Gasteiger partial charge < -0.3 is 30.9 Å². The second kappa shape index (κ2) is 17.3. The van der Waals surface area contributed by atoms with Crippen LogP contribution in [0, 0.1) is 0 Å². The number of carboxylic acid groups (broad SMARTS) is 2. The summed E-state index contributed by atoms with van der Waals surface area (Å²) in [5, 5.41) is 24.8. The van der Waals surface area contributed by atoms with E-state index < -0.39 is 48.3 Å². The quantitative estimate of drug-likeness (QED) is 0.324. The topological polar surface area (TPSA) is 154 Å². The Morgan fingerprint density at radius 1 is 1.04 bits per heavy atom. The van der Waals surface area contributed by atoms with Gasteiger partial charge in [0.05, 0.1) is 12.5 Å². The van der Waals surface area contributed by atoms with Crippen LogP contribution in [0.25, 0.3) is 0 Å². The zero-order chi connectivity index (χ0) is 22.1. The number of rotatable bonds is 10. The first-order valence-corrected chi connectivity index (χ1v) is 10.4. The van der Waals surface area contributed by atoms with Crippen molar-refractivity contribution in [3.05, 3.63) is 0 Å². The number of thioether (sulfide) groups is 1. The molecule has 1 aliphatic rings. The van der Waals surface area contributed by atoms with E-state index in [1.54, 1.807) is 6.26 Å². The molecule has 5 N–H and O–H groups in total. The molecule has 0 radical (unpaired) electrons. The van der Waals surface area contributed by atoms with Gasteiger partial charge in [-0.15, -0.1) is 0 Å². The highest BCUT2D eigenvalue weighted by Crippen LogP contribution is 1.99. The molecule has 2 amide bonds. The van der Waals surface area contributed by atoms with Crippen molar-refractivity contribution in [2.75, 3.05) is 32.3 Å². The highest BCUT2D eigenvalue weighted by atomic mass is 32.2. The van der Waals surface area contributed by atoms with Gasteiger partial charge in [0.25, 0.3) is 0 Å². The Hall–Kier alpha value is -1.85. The third kappa shape index (κ3) is 13.3. The van der Waals surface area contributed by atoms with Gasteiger partial charge in [0.1, 0.15) is 12.1 Å². The van der Waals surface area contributed by atoms with Crippen LogP contribution >= 0.6 is 11.8 Å². The maximum Gasteiger partial charge on any atom is 0.327 e. The molecule has 11 heteroatoms. The third-order valence-corrected chi connectivity index (χ3v) is 3.99. The number of amides is 2. The van der Waals surface area contributed by atoms with Gasteiger partial charge in [-0.1, -0.05) is 13.8 Å². The van der Waals surface area contributed by atoms with E-state index >= 15 is 0 Å². The van der Waals surface area contributed by atoms with Crippen molar-refractivity contribution in [1.82, 2.24) is 16.0 Å². The molecule has 10 nitrogen and oxygen atoms in total. The van der Waals surface area contributed by atoms with Crippen LogP contribution in [0.2, 0.25) is 0 Å². The Balaban J connectivity index is 0. The first kappa shape index (κ1) is 28.4. The molecule has 0 bridgehead atoms. The maximum atomic E-state index is 11.9. The lowest BCUT2D eigenvalue weighted by molar-refractivity contribution is -0.142. The molecule has 1 heterocycles. The Morgan fingerprint density at radius 3 is 1.86 bits per heavy atom. The second-order valence-corrected chi connectivity index (χ2v) is 6.40.